The molecule has 132 valence electrons. The van der Waals surface area contributed by atoms with Crippen LogP contribution in [0, 0.1) is 0 Å². The number of halogens is 6. The first kappa shape index (κ1) is 19.3. The third-order valence-electron chi connectivity index (χ3n) is 2.94. The van der Waals surface area contributed by atoms with Gasteiger partial charge in [0.25, 0.3) is 11.8 Å². The monoisotopic (exact) mass is 411 g/mol. The van der Waals surface area contributed by atoms with Gasteiger partial charge in [0.15, 0.2) is 0 Å². The Hall–Kier alpha value is -2.03. The molecule has 0 spiro atoms. The predicted molar refractivity (Wildman–Crippen MR) is 87.2 cm³/mol. The molecule has 2 amide bonds. The third-order valence-corrected chi connectivity index (χ3v) is 3.75. The summed E-state index contributed by atoms with van der Waals surface area (Å²) in [7, 11) is 0. The van der Waals surface area contributed by atoms with Crippen LogP contribution in [0.3, 0.4) is 0 Å². The number of pyridine rings is 1. The van der Waals surface area contributed by atoms with E-state index in [0.717, 1.165) is 0 Å². The number of benzene rings is 1. The fourth-order valence-corrected chi connectivity index (χ4v) is 2.62. The van der Waals surface area contributed by atoms with Crippen molar-refractivity contribution >= 4 is 52.3 Å². The van der Waals surface area contributed by atoms with Crippen LogP contribution in [0.15, 0.2) is 24.4 Å². The van der Waals surface area contributed by atoms with Crippen LogP contribution in [-0.4, -0.2) is 16.8 Å². The van der Waals surface area contributed by atoms with Crippen molar-refractivity contribution < 1.29 is 22.8 Å². The van der Waals surface area contributed by atoms with Crippen LogP contribution in [0.5, 0.6) is 0 Å². The zero-order valence-electron chi connectivity index (χ0n) is 11.9. The smallest absolute Gasteiger partial charge is 0.366 e. The molecule has 3 N–H and O–H groups in total. The van der Waals surface area contributed by atoms with Crippen LogP contribution in [0.4, 0.5) is 18.9 Å². The Labute approximate surface area is 153 Å². The first-order valence-corrected chi connectivity index (χ1v) is 7.47. The number of carbonyl (C=O) groups is 2. The van der Waals surface area contributed by atoms with E-state index in [1.165, 1.54) is 12.1 Å². The summed E-state index contributed by atoms with van der Waals surface area (Å²) >= 11 is 17.4. The molecule has 0 aliphatic rings. The Bertz CT molecular complexity index is 872. The van der Waals surface area contributed by atoms with Gasteiger partial charge in [0.2, 0.25) is 0 Å². The van der Waals surface area contributed by atoms with Gasteiger partial charge in [-0.05, 0) is 18.2 Å². The van der Waals surface area contributed by atoms with Gasteiger partial charge in [-0.15, -0.1) is 0 Å². The first-order chi connectivity index (χ1) is 11.5. The minimum Gasteiger partial charge on any atom is -0.366 e. The van der Waals surface area contributed by atoms with E-state index >= 15 is 0 Å². The van der Waals surface area contributed by atoms with E-state index in [0.29, 0.717) is 12.3 Å². The number of nitrogens with two attached hydrogens (primary N) is 1. The van der Waals surface area contributed by atoms with E-state index in [4.69, 9.17) is 40.5 Å². The molecular weight excluding hydrogens is 406 g/mol. The second-order valence-electron chi connectivity index (χ2n) is 4.68. The largest absolute Gasteiger partial charge is 0.417 e. The number of aromatic nitrogens is 1. The summed E-state index contributed by atoms with van der Waals surface area (Å²) in [5.41, 5.74) is 3.23. The van der Waals surface area contributed by atoms with E-state index in [9.17, 15) is 22.8 Å². The standard InChI is InChI=1S/C14H7Cl3F3N3O2/c15-6-2-7(12(21)24)10(9(17)3-6)23-13(25)11-8(16)1-5(4-22-11)14(18,19)20/h1-4H,(H2,21,24)(H,23,25). The SMILES string of the molecule is NC(=O)c1cc(Cl)cc(Cl)c1NC(=O)c1ncc(C(F)(F)F)cc1Cl. The molecule has 0 radical (unpaired) electrons. The molecule has 2 rings (SSSR count). The lowest BCUT2D eigenvalue weighted by Gasteiger charge is -2.13. The van der Waals surface area contributed by atoms with Crippen LogP contribution < -0.4 is 11.1 Å². The second kappa shape index (κ2) is 7.07. The highest BCUT2D eigenvalue weighted by Gasteiger charge is 2.32. The number of alkyl halides is 3. The average Bonchev–Trinajstić information content (AvgIpc) is 2.48. The van der Waals surface area contributed by atoms with E-state index in [2.05, 4.69) is 10.3 Å². The molecule has 0 atom stereocenters. The minimum atomic E-state index is -4.66. The van der Waals surface area contributed by atoms with Gasteiger partial charge in [0.1, 0.15) is 5.69 Å². The predicted octanol–water partition coefficient (Wildman–Crippen LogP) is 4.41. The Morgan fingerprint density at radius 2 is 1.72 bits per heavy atom. The zero-order valence-corrected chi connectivity index (χ0v) is 14.2. The molecule has 2 aromatic rings. The molecule has 0 aliphatic carbocycles. The summed E-state index contributed by atoms with van der Waals surface area (Å²) in [4.78, 5) is 27.1. The summed E-state index contributed by atoms with van der Waals surface area (Å²) in [6.07, 6.45) is -4.20. The number of carbonyl (C=O) groups excluding carboxylic acids is 2. The lowest BCUT2D eigenvalue weighted by molar-refractivity contribution is -0.137. The van der Waals surface area contributed by atoms with Gasteiger partial charge in [0.05, 0.1) is 26.9 Å². The maximum Gasteiger partial charge on any atom is 0.417 e. The summed E-state index contributed by atoms with van der Waals surface area (Å²) in [6.45, 7) is 0. The zero-order chi connectivity index (χ0) is 18.9. The molecule has 0 bridgehead atoms. The molecule has 0 fully saturated rings. The van der Waals surface area contributed by atoms with Gasteiger partial charge in [-0.1, -0.05) is 34.8 Å². The maximum absolute atomic E-state index is 12.6. The molecule has 1 aromatic heterocycles. The van der Waals surface area contributed by atoms with Crippen molar-refractivity contribution in [2.24, 2.45) is 5.73 Å². The molecule has 5 nitrogen and oxygen atoms in total. The van der Waals surface area contributed by atoms with Crippen molar-refractivity contribution in [2.75, 3.05) is 5.32 Å². The minimum absolute atomic E-state index is 0.0994. The molecule has 0 saturated heterocycles. The highest BCUT2D eigenvalue weighted by Crippen LogP contribution is 2.33. The Balaban J connectivity index is 2.40. The number of hydrogen-bond donors (Lipinski definition) is 2. The number of anilines is 1. The summed E-state index contributed by atoms with van der Waals surface area (Å²) in [5, 5.41) is 1.71. The average molecular weight is 413 g/mol. The maximum atomic E-state index is 12.6. The summed E-state index contributed by atoms with van der Waals surface area (Å²) < 4.78 is 37.8. The summed E-state index contributed by atoms with van der Waals surface area (Å²) in [5.74, 6) is -1.91. The number of hydrogen-bond acceptors (Lipinski definition) is 3. The van der Waals surface area contributed by atoms with E-state index in [1.807, 2.05) is 0 Å². The normalized spacial score (nSPS) is 11.3. The van der Waals surface area contributed by atoms with Crippen LogP contribution in [0.2, 0.25) is 15.1 Å². The number of nitrogens with zero attached hydrogens (tertiary/aromatic N) is 1. The van der Waals surface area contributed by atoms with Gasteiger partial charge in [-0.2, -0.15) is 13.2 Å². The van der Waals surface area contributed by atoms with Gasteiger partial charge in [-0.3, -0.25) is 9.59 Å². The number of amides is 2. The topological polar surface area (TPSA) is 85.1 Å². The quantitative estimate of drug-likeness (QED) is 0.783. The molecule has 1 aromatic carbocycles. The highest BCUT2D eigenvalue weighted by atomic mass is 35.5. The second-order valence-corrected chi connectivity index (χ2v) is 5.93. The summed E-state index contributed by atoms with van der Waals surface area (Å²) in [6, 6.07) is 2.97. The lowest BCUT2D eigenvalue weighted by Crippen LogP contribution is -2.20. The van der Waals surface area contributed by atoms with E-state index < -0.39 is 34.3 Å². The van der Waals surface area contributed by atoms with Gasteiger partial charge >= 0.3 is 6.18 Å². The van der Waals surface area contributed by atoms with E-state index in [-0.39, 0.29) is 21.3 Å². The van der Waals surface area contributed by atoms with Crippen LogP contribution in [0.1, 0.15) is 26.4 Å². The molecule has 1 heterocycles. The molecule has 11 heteroatoms. The lowest BCUT2D eigenvalue weighted by atomic mass is 10.1. The number of nitrogens with one attached hydrogen (secondary N) is 1. The Morgan fingerprint density at radius 3 is 2.24 bits per heavy atom. The molecule has 0 saturated carbocycles. The molecule has 0 unspecified atom stereocenters. The van der Waals surface area contributed by atoms with Gasteiger partial charge in [-0.25, -0.2) is 4.98 Å². The van der Waals surface area contributed by atoms with Gasteiger partial charge < -0.3 is 11.1 Å². The Kier molecular flexibility index (Phi) is 5.46. The number of rotatable bonds is 3. The van der Waals surface area contributed by atoms with Gasteiger partial charge in [0, 0.05) is 11.2 Å². The van der Waals surface area contributed by atoms with Crippen molar-refractivity contribution in [3.05, 3.63) is 56.3 Å². The molecule has 25 heavy (non-hydrogen) atoms. The van der Waals surface area contributed by atoms with Crippen LogP contribution in [0.25, 0.3) is 0 Å². The highest BCUT2D eigenvalue weighted by molar-refractivity contribution is 6.38. The van der Waals surface area contributed by atoms with Crippen molar-refractivity contribution in [3.63, 3.8) is 0 Å². The van der Waals surface area contributed by atoms with Crippen molar-refractivity contribution in [1.29, 1.82) is 0 Å². The van der Waals surface area contributed by atoms with Crippen molar-refractivity contribution in [2.45, 2.75) is 6.18 Å². The molecule has 0 aliphatic heterocycles. The Morgan fingerprint density at radius 1 is 1.08 bits per heavy atom. The fourth-order valence-electron chi connectivity index (χ4n) is 1.83. The molecular formula is C14H7Cl3F3N3O2. The fraction of sp³-hybridized carbons (Fsp3) is 0.0714. The van der Waals surface area contributed by atoms with E-state index in [1.54, 1.807) is 0 Å². The van der Waals surface area contributed by atoms with Crippen LogP contribution >= 0.6 is 34.8 Å². The van der Waals surface area contributed by atoms with Crippen molar-refractivity contribution in [3.8, 4) is 0 Å². The van der Waals surface area contributed by atoms with Crippen molar-refractivity contribution in [1.82, 2.24) is 4.98 Å². The number of primary amides is 1. The first-order valence-electron chi connectivity index (χ1n) is 6.33. The van der Waals surface area contributed by atoms with Crippen LogP contribution in [-0.2, 0) is 6.18 Å². The third kappa shape index (κ3) is 4.33.